The summed E-state index contributed by atoms with van der Waals surface area (Å²) in [5, 5.41) is 0.150. The molecule has 0 amide bonds. The molecule has 0 saturated carbocycles. The summed E-state index contributed by atoms with van der Waals surface area (Å²) in [7, 11) is -3.56. The molecule has 0 spiro atoms. The molecule has 8 nitrogen and oxygen atoms in total. The Bertz CT molecular complexity index is 1850. The van der Waals surface area contributed by atoms with Gasteiger partial charge in [-0.2, -0.15) is 0 Å². The average molecular weight is 569 g/mol. The molecule has 6 rings (SSSR count). The zero-order chi connectivity index (χ0) is 28.4. The summed E-state index contributed by atoms with van der Waals surface area (Å²) >= 11 is 0. The van der Waals surface area contributed by atoms with Crippen LogP contribution in [0.3, 0.4) is 0 Å². The lowest BCUT2D eigenvalue weighted by atomic mass is 10.1. The van der Waals surface area contributed by atoms with Gasteiger partial charge in [-0.15, -0.1) is 0 Å². The van der Waals surface area contributed by atoms with Crippen molar-refractivity contribution < 1.29 is 22.3 Å². The van der Waals surface area contributed by atoms with Crippen molar-refractivity contribution in [1.29, 1.82) is 0 Å². The second kappa shape index (κ2) is 11.0. The third-order valence-electron chi connectivity index (χ3n) is 6.91. The van der Waals surface area contributed by atoms with Gasteiger partial charge >= 0.3 is 0 Å². The van der Waals surface area contributed by atoms with Gasteiger partial charge in [-0.1, -0.05) is 60.7 Å². The Morgan fingerprint density at radius 2 is 1.46 bits per heavy atom. The van der Waals surface area contributed by atoms with E-state index in [2.05, 4.69) is 0 Å². The van der Waals surface area contributed by atoms with Crippen molar-refractivity contribution in [1.82, 2.24) is 0 Å². The fraction of sp³-hybridized carbons (Fsp3) is 0.156. The number of rotatable bonds is 8. The molecule has 0 radical (unpaired) electrons. The SMILES string of the molecule is Nc1cc(N2CCCS2(=O)=O)c2oc(-c3ccc(OCc4ccccc4)cc3)c(OCc3ccccc3)c(=O)c2c1. The van der Waals surface area contributed by atoms with Crippen LogP contribution in [-0.4, -0.2) is 20.7 Å². The van der Waals surface area contributed by atoms with E-state index in [0.717, 1.165) is 11.1 Å². The fourth-order valence-electron chi connectivity index (χ4n) is 4.87. The monoisotopic (exact) mass is 568 g/mol. The van der Waals surface area contributed by atoms with Crippen LogP contribution in [0.2, 0.25) is 0 Å². The highest BCUT2D eigenvalue weighted by Crippen LogP contribution is 2.39. The molecule has 1 aliphatic rings. The summed E-state index contributed by atoms with van der Waals surface area (Å²) in [6, 6.07) is 29.5. The summed E-state index contributed by atoms with van der Waals surface area (Å²) in [4.78, 5) is 13.9. The number of ether oxygens (including phenoxy) is 2. The van der Waals surface area contributed by atoms with Crippen molar-refractivity contribution in [2.45, 2.75) is 19.6 Å². The Kier molecular flexibility index (Phi) is 7.11. The smallest absolute Gasteiger partial charge is 0.235 e. The molecular weight excluding hydrogens is 540 g/mol. The highest BCUT2D eigenvalue weighted by Gasteiger charge is 2.32. The van der Waals surface area contributed by atoms with Crippen molar-refractivity contribution >= 4 is 32.4 Å². The number of hydrogen-bond donors (Lipinski definition) is 1. The molecule has 0 bridgehead atoms. The van der Waals surface area contributed by atoms with Crippen LogP contribution in [0.5, 0.6) is 11.5 Å². The summed E-state index contributed by atoms with van der Waals surface area (Å²) in [5.41, 5.74) is 8.83. The predicted octanol–water partition coefficient (Wildman–Crippen LogP) is 5.74. The van der Waals surface area contributed by atoms with Gasteiger partial charge in [-0.25, -0.2) is 8.42 Å². The molecule has 9 heteroatoms. The maximum Gasteiger partial charge on any atom is 0.235 e. The Labute approximate surface area is 237 Å². The first-order valence-electron chi connectivity index (χ1n) is 13.2. The number of fused-ring (bicyclic) bond motifs is 1. The van der Waals surface area contributed by atoms with Crippen LogP contribution in [0, 0.1) is 0 Å². The molecule has 4 aromatic carbocycles. The zero-order valence-corrected chi connectivity index (χ0v) is 23.0. The Morgan fingerprint density at radius 3 is 2.07 bits per heavy atom. The number of hydrogen-bond acceptors (Lipinski definition) is 7. The van der Waals surface area contributed by atoms with Gasteiger partial charge < -0.3 is 19.6 Å². The quantitative estimate of drug-likeness (QED) is 0.238. The highest BCUT2D eigenvalue weighted by atomic mass is 32.2. The molecule has 5 aromatic rings. The van der Waals surface area contributed by atoms with E-state index >= 15 is 0 Å². The van der Waals surface area contributed by atoms with E-state index in [1.54, 1.807) is 24.3 Å². The van der Waals surface area contributed by atoms with Gasteiger partial charge in [-0.05, 0) is 53.9 Å². The molecule has 1 aliphatic heterocycles. The van der Waals surface area contributed by atoms with Crippen LogP contribution in [0.1, 0.15) is 17.5 Å². The van der Waals surface area contributed by atoms with Crippen LogP contribution in [0.25, 0.3) is 22.3 Å². The molecule has 1 aromatic heterocycles. The van der Waals surface area contributed by atoms with Gasteiger partial charge in [0, 0.05) is 17.8 Å². The van der Waals surface area contributed by atoms with Crippen LogP contribution in [0.15, 0.2) is 106 Å². The average Bonchev–Trinajstić information content (AvgIpc) is 3.35. The number of sulfonamides is 1. The second-order valence-electron chi connectivity index (χ2n) is 9.82. The lowest BCUT2D eigenvalue weighted by Gasteiger charge is -2.20. The lowest BCUT2D eigenvalue weighted by Crippen LogP contribution is -2.26. The third-order valence-corrected chi connectivity index (χ3v) is 8.77. The van der Waals surface area contributed by atoms with Crippen molar-refractivity contribution in [3.05, 3.63) is 118 Å². The minimum Gasteiger partial charge on any atom is -0.489 e. The third kappa shape index (κ3) is 5.49. The highest BCUT2D eigenvalue weighted by molar-refractivity contribution is 7.93. The Morgan fingerprint density at radius 1 is 0.829 bits per heavy atom. The standard InChI is InChI=1S/C32H28N2O6S/c33-25-18-27-29(35)32(39-21-23-10-5-2-6-11-23)30(40-31(27)28(19-25)34-16-7-17-41(34,36)37)24-12-14-26(15-13-24)38-20-22-8-3-1-4-9-22/h1-6,8-15,18-19H,7,16-17,20-21,33H2. The molecular formula is C32H28N2O6S. The van der Waals surface area contributed by atoms with Crippen molar-refractivity contribution in [3.8, 4) is 22.8 Å². The second-order valence-corrected chi connectivity index (χ2v) is 11.8. The van der Waals surface area contributed by atoms with Gasteiger partial charge in [-0.3, -0.25) is 9.10 Å². The summed E-state index contributed by atoms with van der Waals surface area (Å²) in [5.74, 6) is 0.864. The molecule has 0 atom stereocenters. The van der Waals surface area contributed by atoms with E-state index < -0.39 is 15.5 Å². The maximum absolute atomic E-state index is 13.9. The maximum atomic E-state index is 13.9. The molecule has 2 N–H and O–H groups in total. The number of nitrogens with zero attached hydrogens (tertiary/aromatic N) is 1. The first-order chi connectivity index (χ1) is 19.9. The summed E-state index contributed by atoms with van der Waals surface area (Å²) < 4.78 is 45.3. The van der Waals surface area contributed by atoms with Gasteiger partial charge in [0.15, 0.2) is 11.3 Å². The van der Waals surface area contributed by atoms with Crippen LogP contribution in [0.4, 0.5) is 11.4 Å². The predicted molar refractivity (Wildman–Crippen MR) is 160 cm³/mol. The molecule has 1 fully saturated rings. The normalized spacial score (nSPS) is 14.3. The van der Waals surface area contributed by atoms with Gasteiger partial charge in [0.1, 0.15) is 19.0 Å². The first-order valence-corrected chi connectivity index (χ1v) is 14.8. The molecule has 0 unspecified atom stereocenters. The van der Waals surface area contributed by atoms with E-state index in [0.29, 0.717) is 24.3 Å². The molecule has 208 valence electrons. The number of nitrogens with two attached hydrogens (primary N) is 1. The summed E-state index contributed by atoms with van der Waals surface area (Å²) in [6.45, 7) is 0.823. The molecule has 1 saturated heterocycles. The fourth-order valence-corrected chi connectivity index (χ4v) is 6.43. The molecule has 2 heterocycles. The molecule has 0 aliphatic carbocycles. The van der Waals surface area contributed by atoms with E-state index in [1.165, 1.54) is 16.4 Å². The van der Waals surface area contributed by atoms with E-state index in [-0.39, 0.29) is 52.8 Å². The molecule has 41 heavy (non-hydrogen) atoms. The van der Waals surface area contributed by atoms with Gasteiger partial charge in [0.2, 0.25) is 21.2 Å². The van der Waals surface area contributed by atoms with E-state index in [4.69, 9.17) is 19.6 Å². The topological polar surface area (TPSA) is 112 Å². The van der Waals surface area contributed by atoms with Crippen molar-refractivity contribution in [2.75, 3.05) is 22.3 Å². The van der Waals surface area contributed by atoms with Gasteiger partial charge in [0.05, 0.1) is 16.8 Å². The lowest BCUT2D eigenvalue weighted by molar-refractivity contribution is 0.297. The summed E-state index contributed by atoms with van der Waals surface area (Å²) in [6.07, 6.45) is 0.471. The largest absolute Gasteiger partial charge is 0.489 e. The number of anilines is 2. The van der Waals surface area contributed by atoms with Crippen LogP contribution >= 0.6 is 0 Å². The van der Waals surface area contributed by atoms with E-state index in [9.17, 15) is 13.2 Å². The van der Waals surface area contributed by atoms with Gasteiger partial charge in [0.25, 0.3) is 0 Å². The Hall–Kier alpha value is -4.76. The van der Waals surface area contributed by atoms with Crippen molar-refractivity contribution in [3.63, 3.8) is 0 Å². The Balaban J connectivity index is 1.44. The van der Waals surface area contributed by atoms with E-state index in [1.807, 2.05) is 60.7 Å². The zero-order valence-electron chi connectivity index (χ0n) is 22.2. The van der Waals surface area contributed by atoms with Crippen LogP contribution in [-0.2, 0) is 23.2 Å². The number of nitrogen functional groups attached to an aromatic ring is 1. The number of benzene rings is 4. The first kappa shape index (κ1) is 26.5. The minimum atomic E-state index is -3.56. The van der Waals surface area contributed by atoms with Crippen molar-refractivity contribution in [2.24, 2.45) is 0 Å². The minimum absolute atomic E-state index is 0.0140. The van der Waals surface area contributed by atoms with Crippen LogP contribution < -0.4 is 24.9 Å².